The third-order valence-electron chi connectivity index (χ3n) is 4.66. The number of rotatable bonds is 4. The Kier molecular flexibility index (Phi) is 4.16. The highest BCUT2D eigenvalue weighted by molar-refractivity contribution is 5.65. The normalized spacial score (nSPS) is 19.9. The Morgan fingerprint density at radius 2 is 2.10 bits per heavy atom. The number of fused-ring (bicyclic) bond motifs is 1. The maximum atomic E-state index is 6.10. The van der Waals surface area contributed by atoms with Crippen LogP contribution in [0.25, 0.3) is 0 Å². The monoisotopic (exact) mass is 274 g/mol. The van der Waals surface area contributed by atoms with E-state index in [4.69, 9.17) is 4.74 Å². The number of nitrogens with zero attached hydrogens (tertiary/aromatic N) is 1. The van der Waals surface area contributed by atoms with Crippen LogP contribution in [-0.2, 0) is 6.42 Å². The molecule has 0 aliphatic carbocycles. The van der Waals surface area contributed by atoms with Crippen molar-refractivity contribution in [1.29, 1.82) is 0 Å². The van der Waals surface area contributed by atoms with Gasteiger partial charge in [-0.2, -0.15) is 0 Å². The summed E-state index contributed by atoms with van der Waals surface area (Å²) >= 11 is 0. The van der Waals surface area contributed by atoms with Crippen LogP contribution in [0.2, 0.25) is 0 Å². The minimum absolute atomic E-state index is 0.679. The fraction of sp³-hybridized carbons (Fsp3) is 0.647. The molecule has 1 N–H and O–H groups in total. The molecule has 0 bridgehead atoms. The Morgan fingerprint density at radius 1 is 1.30 bits per heavy atom. The highest BCUT2D eigenvalue weighted by Gasteiger charge is 2.22. The van der Waals surface area contributed by atoms with E-state index in [2.05, 4.69) is 42.3 Å². The Hall–Kier alpha value is -1.22. The number of anilines is 1. The summed E-state index contributed by atoms with van der Waals surface area (Å²) in [4.78, 5) is 2.57. The molecule has 0 spiro atoms. The van der Waals surface area contributed by atoms with Crippen molar-refractivity contribution in [2.75, 3.05) is 31.6 Å². The summed E-state index contributed by atoms with van der Waals surface area (Å²) in [5.41, 5.74) is 2.63. The molecule has 1 saturated heterocycles. The highest BCUT2D eigenvalue weighted by atomic mass is 16.5. The molecule has 1 aromatic carbocycles. The van der Waals surface area contributed by atoms with Gasteiger partial charge in [0, 0.05) is 12.6 Å². The van der Waals surface area contributed by atoms with Crippen molar-refractivity contribution in [1.82, 2.24) is 4.90 Å². The van der Waals surface area contributed by atoms with Gasteiger partial charge in [-0.15, -0.1) is 0 Å². The van der Waals surface area contributed by atoms with Crippen LogP contribution in [-0.4, -0.2) is 37.2 Å². The molecule has 2 aliphatic rings. The van der Waals surface area contributed by atoms with Crippen molar-refractivity contribution < 1.29 is 4.74 Å². The Balaban J connectivity index is 1.52. The lowest BCUT2D eigenvalue weighted by molar-refractivity contribution is 0.119. The molecule has 0 amide bonds. The van der Waals surface area contributed by atoms with Gasteiger partial charge in [0.2, 0.25) is 0 Å². The molecule has 110 valence electrons. The Bertz CT molecular complexity index is 450. The van der Waals surface area contributed by atoms with Gasteiger partial charge in [-0.25, -0.2) is 0 Å². The zero-order chi connectivity index (χ0) is 13.9. The van der Waals surface area contributed by atoms with E-state index in [0.717, 1.165) is 25.3 Å². The summed E-state index contributed by atoms with van der Waals surface area (Å²) in [7, 11) is 0. The second kappa shape index (κ2) is 6.04. The summed E-state index contributed by atoms with van der Waals surface area (Å²) in [5.74, 6) is 1.76. The first-order valence-electron chi connectivity index (χ1n) is 7.96. The van der Waals surface area contributed by atoms with Crippen LogP contribution in [0, 0.1) is 5.92 Å². The van der Waals surface area contributed by atoms with E-state index in [1.165, 1.54) is 37.2 Å². The van der Waals surface area contributed by atoms with Crippen molar-refractivity contribution in [3.05, 3.63) is 23.8 Å². The van der Waals surface area contributed by atoms with Gasteiger partial charge in [0.05, 0.1) is 12.3 Å². The van der Waals surface area contributed by atoms with Crippen molar-refractivity contribution in [2.45, 2.75) is 39.2 Å². The summed E-state index contributed by atoms with van der Waals surface area (Å²) in [5, 5.41) is 3.45. The minimum Gasteiger partial charge on any atom is -0.491 e. The molecular formula is C17H26N2O. The van der Waals surface area contributed by atoms with Crippen LogP contribution in [0.3, 0.4) is 0 Å². The fourth-order valence-electron chi connectivity index (χ4n) is 3.27. The number of benzene rings is 1. The summed E-state index contributed by atoms with van der Waals surface area (Å²) in [6.07, 6.45) is 3.65. The molecule has 0 unspecified atom stereocenters. The number of nitrogens with one attached hydrogen (secondary N) is 1. The molecule has 0 saturated carbocycles. The van der Waals surface area contributed by atoms with Gasteiger partial charge in [-0.1, -0.05) is 12.1 Å². The molecule has 1 fully saturated rings. The topological polar surface area (TPSA) is 24.5 Å². The number of ether oxygens (including phenoxy) is 1. The van der Waals surface area contributed by atoms with E-state index in [-0.39, 0.29) is 0 Å². The third kappa shape index (κ3) is 2.93. The van der Waals surface area contributed by atoms with E-state index in [1.54, 1.807) is 0 Å². The molecule has 0 aromatic heterocycles. The lowest BCUT2D eigenvalue weighted by Crippen LogP contribution is -2.39. The summed E-state index contributed by atoms with van der Waals surface area (Å²) in [6.45, 7) is 8.92. The van der Waals surface area contributed by atoms with Crippen LogP contribution in [0.15, 0.2) is 18.2 Å². The minimum atomic E-state index is 0.679. The zero-order valence-corrected chi connectivity index (χ0v) is 12.7. The van der Waals surface area contributed by atoms with Crippen molar-refractivity contribution in [3.63, 3.8) is 0 Å². The SMILES string of the molecule is CC(C)N1CCC(COc2cccc3c2NCC3)CC1. The predicted octanol–water partition coefficient (Wildman–Crippen LogP) is 3.15. The van der Waals surface area contributed by atoms with Gasteiger partial charge in [-0.3, -0.25) is 0 Å². The lowest BCUT2D eigenvalue weighted by Gasteiger charge is -2.34. The first-order chi connectivity index (χ1) is 9.74. The number of likely N-dealkylation sites (tertiary alicyclic amines) is 1. The van der Waals surface area contributed by atoms with E-state index < -0.39 is 0 Å². The van der Waals surface area contributed by atoms with Gasteiger partial charge in [0.15, 0.2) is 0 Å². The first-order valence-corrected chi connectivity index (χ1v) is 7.96. The molecular weight excluding hydrogens is 248 g/mol. The van der Waals surface area contributed by atoms with Crippen LogP contribution >= 0.6 is 0 Å². The van der Waals surface area contributed by atoms with Gasteiger partial charge in [0.1, 0.15) is 5.75 Å². The Morgan fingerprint density at radius 3 is 2.85 bits per heavy atom. The van der Waals surface area contributed by atoms with E-state index >= 15 is 0 Å². The average molecular weight is 274 g/mol. The van der Waals surface area contributed by atoms with Gasteiger partial charge < -0.3 is 15.0 Å². The Labute approximate surface area is 122 Å². The highest BCUT2D eigenvalue weighted by Crippen LogP contribution is 2.33. The van der Waals surface area contributed by atoms with Crippen LogP contribution in [0.5, 0.6) is 5.75 Å². The largest absolute Gasteiger partial charge is 0.491 e. The van der Waals surface area contributed by atoms with Crippen molar-refractivity contribution in [3.8, 4) is 5.75 Å². The second-order valence-corrected chi connectivity index (χ2v) is 6.35. The first kappa shape index (κ1) is 13.7. The molecule has 0 atom stereocenters. The van der Waals surface area contributed by atoms with Crippen LogP contribution < -0.4 is 10.1 Å². The predicted molar refractivity (Wildman–Crippen MR) is 83.6 cm³/mol. The average Bonchev–Trinajstić information content (AvgIpc) is 2.94. The van der Waals surface area contributed by atoms with Gasteiger partial charge in [-0.05, 0) is 63.7 Å². The maximum Gasteiger partial charge on any atom is 0.142 e. The van der Waals surface area contributed by atoms with E-state index in [9.17, 15) is 0 Å². The standard InChI is InChI=1S/C17H26N2O/c1-13(2)19-10-7-14(8-11-19)12-20-16-5-3-4-15-6-9-18-17(15)16/h3-5,13-14,18H,6-12H2,1-2H3. The maximum absolute atomic E-state index is 6.10. The molecule has 3 rings (SSSR count). The van der Waals surface area contributed by atoms with Gasteiger partial charge in [0.25, 0.3) is 0 Å². The van der Waals surface area contributed by atoms with Crippen molar-refractivity contribution >= 4 is 5.69 Å². The molecule has 0 radical (unpaired) electrons. The molecule has 2 aliphatic heterocycles. The number of piperidine rings is 1. The van der Waals surface area contributed by atoms with Crippen LogP contribution in [0.4, 0.5) is 5.69 Å². The molecule has 20 heavy (non-hydrogen) atoms. The number of para-hydroxylation sites is 1. The summed E-state index contributed by atoms with van der Waals surface area (Å²) in [6, 6.07) is 7.09. The zero-order valence-electron chi connectivity index (χ0n) is 12.7. The molecule has 1 aromatic rings. The number of hydrogen-bond donors (Lipinski definition) is 1. The van der Waals surface area contributed by atoms with Gasteiger partial charge >= 0.3 is 0 Å². The molecule has 2 heterocycles. The molecule has 3 nitrogen and oxygen atoms in total. The fourth-order valence-corrected chi connectivity index (χ4v) is 3.27. The van der Waals surface area contributed by atoms with Crippen molar-refractivity contribution in [2.24, 2.45) is 5.92 Å². The van der Waals surface area contributed by atoms with E-state index in [1.807, 2.05) is 0 Å². The lowest BCUT2D eigenvalue weighted by atomic mass is 9.97. The second-order valence-electron chi connectivity index (χ2n) is 6.35. The summed E-state index contributed by atoms with van der Waals surface area (Å²) < 4.78 is 6.10. The molecule has 3 heteroatoms. The smallest absolute Gasteiger partial charge is 0.142 e. The van der Waals surface area contributed by atoms with E-state index in [0.29, 0.717) is 12.0 Å². The third-order valence-corrected chi connectivity index (χ3v) is 4.66. The number of hydrogen-bond acceptors (Lipinski definition) is 3. The quantitative estimate of drug-likeness (QED) is 0.913. The van der Waals surface area contributed by atoms with Crippen LogP contribution in [0.1, 0.15) is 32.3 Å².